The first-order valence-electron chi connectivity index (χ1n) is 6.13. The van der Waals surface area contributed by atoms with Gasteiger partial charge in [-0.25, -0.2) is 0 Å². The number of nitrogens with one attached hydrogen (secondary N) is 1. The molecule has 0 aromatic rings. The van der Waals surface area contributed by atoms with E-state index in [1.54, 1.807) is 0 Å². The minimum Gasteiger partial charge on any atom is -0.367 e. The van der Waals surface area contributed by atoms with Crippen LogP contribution in [0.15, 0.2) is 12.0 Å². The summed E-state index contributed by atoms with van der Waals surface area (Å²) in [6.07, 6.45) is 8.37. The average molecular weight is 225 g/mol. The first kappa shape index (κ1) is 11.2. The van der Waals surface area contributed by atoms with Crippen LogP contribution in [0.1, 0.15) is 38.5 Å². The lowest BCUT2D eigenvalue weighted by Gasteiger charge is -2.39. The minimum absolute atomic E-state index is 0.358. The summed E-state index contributed by atoms with van der Waals surface area (Å²) in [6.45, 7) is 1.81. The van der Waals surface area contributed by atoms with Crippen molar-refractivity contribution in [2.45, 2.75) is 44.6 Å². The summed E-state index contributed by atoms with van der Waals surface area (Å²) in [6, 6.07) is 0.507. The van der Waals surface area contributed by atoms with Gasteiger partial charge in [-0.15, -0.1) is 0 Å². The van der Waals surface area contributed by atoms with Crippen molar-refractivity contribution in [3.63, 3.8) is 0 Å². The maximum absolute atomic E-state index is 10.6. The molecule has 5 heteroatoms. The van der Waals surface area contributed by atoms with Gasteiger partial charge in [-0.3, -0.25) is 10.1 Å². The third-order valence-electron chi connectivity index (χ3n) is 3.43. The Balaban J connectivity index is 2.06. The minimum atomic E-state index is -0.358. The molecule has 16 heavy (non-hydrogen) atoms. The van der Waals surface area contributed by atoms with Gasteiger partial charge in [0.2, 0.25) is 0 Å². The van der Waals surface area contributed by atoms with Crippen LogP contribution in [0, 0.1) is 10.1 Å². The third-order valence-corrected chi connectivity index (χ3v) is 3.43. The third kappa shape index (κ3) is 2.65. The Kier molecular flexibility index (Phi) is 3.64. The van der Waals surface area contributed by atoms with Crippen LogP contribution >= 0.6 is 0 Å². The van der Waals surface area contributed by atoms with Crippen LogP contribution in [0.2, 0.25) is 0 Å². The Morgan fingerprint density at radius 3 is 2.75 bits per heavy atom. The molecule has 1 N–H and O–H groups in total. The first-order chi connectivity index (χ1) is 7.77. The van der Waals surface area contributed by atoms with Crippen molar-refractivity contribution in [1.29, 1.82) is 0 Å². The van der Waals surface area contributed by atoms with Crippen LogP contribution in [-0.2, 0) is 0 Å². The van der Waals surface area contributed by atoms with Crippen LogP contribution in [0.3, 0.4) is 0 Å². The van der Waals surface area contributed by atoms with Crippen molar-refractivity contribution in [3.8, 4) is 0 Å². The van der Waals surface area contributed by atoms with E-state index in [0.29, 0.717) is 11.9 Å². The second kappa shape index (κ2) is 5.18. The molecule has 0 spiro atoms. The fourth-order valence-electron chi connectivity index (χ4n) is 2.68. The molecule has 0 aromatic heterocycles. The summed E-state index contributed by atoms with van der Waals surface area (Å²) in [5.41, 5.74) is 0. The highest BCUT2D eigenvalue weighted by molar-refractivity contribution is 5.01. The van der Waals surface area contributed by atoms with Crippen LogP contribution in [0.25, 0.3) is 0 Å². The van der Waals surface area contributed by atoms with Gasteiger partial charge < -0.3 is 10.2 Å². The van der Waals surface area contributed by atoms with Crippen molar-refractivity contribution in [3.05, 3.63) is 22.1 Å². The molecule has 1 heterocycles. The lowest BCUT2D eigenvalue weighted by molar-refractivity contribution is -0.405. The fourth-order valence-corrected chi connectivity index (χ4v) is 2.68. The highest BCUT2D eigenvalue weighted by Gasteiger charge is 2.26. The van der Waals surface area contributed by atoms with Crippen molar-refractivity contribution in [2.24, 2.45) is 0 Å². The quantitative estimate of drug-likeness (QED) is 0.574. The van der Waals surface area contributed by atoms with Crippen LogP contribution in [-0.4, -0.2) is 29.0 Å². The topological polar surface area (TPSA) is 58.4 Å². The average Bonchev–Trinajstić information content (AvgIpc) is 2.30. The van der Waals surface area contributed by atoms with Crippen LogP contribution in [0.4, 0.5) is 0 Å². The van der Waals surface area contributed by atoms with Gasteiger partial charge in [0.1, 0.15) is 0 Å². The summed E-state index contributed by atoms with van der Waals surface area (Å²) >= 11 is 0. The molecule has 2 rings (SSSR count). The second-order valence-corrected chi connectivity index (χ2v) is 4.57. The van der Waals surface area contributed by atoms with E-state index < -0.39 is 0 Å². The normalized spacial score (nSPS) is 25.5. The fraction of sp³-hybridized carbons (Fsp3) is 0.818. The predicted molar refractivity (Wildman–Crippen MR) is 61.3 cm³/mol. The molecule has 5 nitrogen and oxygen atoms in total. The number of hydrogen-bond donors (Lipinski definition) is 1. The van der Waals surface area contributed by atoms with Crippen molar-refractivity contribution in [1.82, 2.24) is 10.2 Å². The van der Waals surface area contributed by atoms with Gasteiger partial charge in [0, 0.05) is 19.1 Å². The molecule has 1 saturated heterocycles. The molecule has 1 aliphatic carbocycles. The zero-order valence-corrected chi connectivity index (χ0v) is 9.52. The molecule has 1 saturated carbocycles. The van der Waals surface area contributed by atoms with Crippen molar-refractivity contribution < 1.29 is 4.92 Å². The number of nitrogens with zero attached hydrogens (tertiary/aromatic N) is 2. The molecule has 2 aliphatic rings. The molecule has 0 amide bonds. The number of hydrogen-bond acceptors (Lipinski definition) is 4. The van der Waals surface area contributed by atoms with E-state index in [2.05, 4.69) is 10.2 Å². The smallest absolute Gasteiger partial charge is 0.274 e. The SMILES string of the molecule is O=[N+]([O-])C=C1NCCCN1C1CCCCC1. The van der Waals surface area contributed by atoms with Crippen LogP contribution in [0.5, 0.6) is 0 Å². The first-order valence-corrected chi connectivity index (χ1v) is 6.13. The highest BCUT2D eigenvalue weighted by Crippen LogP contribution is 2.26. The molecule has 0 bridgehead atoms. The van der Waals surface area contributed by atoms with Gasteiger partial charge in [0.05, 0.1) is 4.92 Å². The molecule has 0 radical (unpaired) electrons. The Morgan fingerprint density at radius 1 is 1.31 bits per heavy atom. The summed E-state index contributed by atoms with van der Waals surface area (Å²) in [7, 11) is 0. The predicted octanol–water partition coefficient (Wildman–Crippen LogP) is 1.69. The zero-order chi connectivity index (χ0) is 11.4. The van der Waals surface area contributed by atoms with Gasteiger partial charge in [-0.2, -0.15) is 0 Å². The van der Waals surface area contributed by atoms with E-state index in [1.165, 1.54) is 32.1 Å². The van der Waals surface area contributed by atoms with E-state index in [-0.39, 0.29) is 4.92 Å². The molecule has 0 atom stereocenters. The summed E-state index contributed by atoms with van der Waals surface area (Å²) in [5.74, 6) is 0.711. The Morgan fingerprint density at radius 2 is 2.06 bits per heavy atom. The largest absolute Gasteiger partial charge is 0.367 e. The number of rotatable bonds is 2. The lowest BCUT2D eigenvalue weighted by atomic mass is 9.94. The number of nitro groups is 1. The molecule has 90 valence electrons. The molecule has 1 aliphatic heterocycles. The zero-order valence-electron chi connectivity index (χ0n) is 9.52. The highest BCUT2D eigenvalue weighted by atomic mass is 16.6. The Hall–Kier alpha value is -1.26. The molecule has 0 unspecified atom stereocenters. The molecule has 2 fully saturated rings. The van der Waals surface area contributed by atoms with E-state index in [0.717, 1.165) is 25.7 Å². The molecular formula is C11H19N3O2. The van der Waals surface area contributed by atoms with Crippen molar-refractivity contribution in [2.75, 3.05) is 13.1 Å². The van der Waals surface area contributed by atoms with Gasteiger partial charge in [0.15, 0.2) is 5.82 Å². The maximum Gasteiger partial charge on any atom is 0.274 e. The van der Waals surface area contributed by atoms with Crippen LogP contribution < -0.4 is 5.32 Å². The monoisotopic (exact) mass is 225 g/mol. The van der Waals surface area contributed by atoms with E-state index in [4.69, 9.17) is 0 Å². The second-order valence-electron chi connectivity index (χ2n) is 4.57. The standard InChI is InChI=1S/C11H19N3O2/c15-14(16)9-11-12-7-4-8-13(11)10-5-2-1-3-6-10/h9-10,12H,1-8H2. The summed E-state index contributed by atoms with van der Waals surface area (Å²) in [4.78, 5) is 12.4. The lowest BCUT2D eigenvalue weighted by Crippen LogP contribution is -2.46. The van der Waals surface area contributed by atoms with E-state index in [9.17, 15) is 10.1 Å². The Labute approximate surface area is 95.7 Å². The van der Waals surface area contributed by atoms with Gasteiger partial charge >= 0.3 is 0 Å². The maximum atomic E-state index is 10.6. The van der Waals surface area contributed by atoms with E-state index >= 15 is 0 Å². The molecular weight excluding hydrogens is 206 g/mol. The van der Waals surface area contributed by atoms with Crippen molar-refractivity contribution >= 4 is 0 Å². The summed E-state index contributed by atoms with van der Waals surface area (Å²) in [5, 5.41) is 13.7. The van der Waals surface area contributed by atoms with E-state index in [1.807, 2.05) is 0 Å². The van der Waals surface area contributed by atoms with Gasteiger partial charge in [0.25, 0.3) is 6.20 Å². The Bertz CT molecular complexity index is 285. The van der Waals surface area contributed by atoms with Gasteiger partial charge in [-0.1, -0.05) is 19.3 Å². The van der Waals surface area contributed by atoms with Gasteiger partial charge in [-0.05, 0) is 19.3 Å². The summed E-state index contributed by atoms with van der Waals surface area (Å²) < 4.78 is 0. The molecule has 0 aromatic carbocycles.